The van der Waals surface area contributed by atoms with Crippen LogP contribution in [0.4, 0.5) is 11.4 Å². The lowest BCUT2D eigenvalue weighted by molar-refractivity contribution is -0.0112. The largest absolute Gasteiger partial charge is 0.478 e. The van der Waals surface area contributed by atoms with Crippen LogP contribution in [0.5, 0.6) is 0 Å². The van der Waals surface area contributed by atoms with Gasteiger partial charge in [0.15, 0.2) is 0 Å². The van der Waals surface area contributed by atoms with Crippen LogP contribution in [-0.2, 0) is 4.74 Å². The molecule has 5 heteroatoms. The number of ether oxygens (including phenoxy) is 1. The highest BCUT2D eigenvalue weighted by Crippen LogP contribution is 2.31. The fourth-order valence-corrected chi connectivity index (χ4v) is 2.67. The Morgan fingerprint density at radius 3 is 2.80 bits per heavy atom. The second-order valence-corrected chi connectivity index (χ2v) is 6.00. The van der Waals surface area contributed by atoms with Crippen LogP contribution >= 0.6 is 0 Å². The number of nitrogens with two attached hydrogens (primary N) is 1. The Morgan fingerprint density at radius 2 is 2.25 bits per heavy atom. The van der Waals surface area contributed by atoms with Crippen molar-refractivity contribution in [1.29, 1.82) is 0 Å². The lowest BCUT2D eigenvalue weighted by Gasteiger charge is -2.26. The number of benzene rings is 1. The van der Waals surface area contributed by atoms with Gasteiger partial charge in [0.2, 0.25) is 0 Å². The first kappa shape index (κ1) is 14.7. The zero-order valence-electron chi connectivity index (χ0n) is 12.2. The first-order valence-corrected chi connectivity index (χ1v) is 6.80. The molecule has 110 valence electrons. The van der Waals surface area contributed by atoms with E-state index in [4.69, 9.17) is 10.5 Å². The van der Waals surface area contributed by atoms with Crippen molar-refractivity contribution in [3.05, 3.63) is 23.8 Å². The van der Waals surface area contributed by atoms with E-state index >= 15 is 0 Å². The van der Waals surface area contributed by atoms with Crippen molar-refractivity contribution in [2.24, 2.45) is 0 Å². The number of carboxylic acids is 1. The lowest BCUT2D eigenvalue weighted by Crippen LogP contribution is -2.32. The smallest absolute Gasteiger partial charge is 0.337 e. The molecule has 1 fully saturated rings. The minimum atomic E-state index is -0.966. The van der Waals surface area contributed by atoms with Gasteiger partial charge < -0.3 is 20.5 Å². The fraction of sp³-hybridized carbons (Fsp3) is 0.533. The molecule has 20 heavy (non-hydrogen) atoms. The Morgan fingerprint density at radius 1 is 1.55 bits per heavy atom. The van der Waals surface area contributed by atoms with E-state index < -0.39 is 5.97 Å². The summed E-state index contributed by atoms with van der Waals surface area (Å²) in [4.78, 5) is 13.2. The maximum absolute atomic E-state index is 11.3. The van der Waals surface area contributed by atoms with Crippen molar-refractivity contribution >= 4 is 17.3 Å². The maximum Gasteiger partial charge on any atom is 0.337 e. The van der Waals surface area contributed by atoms with E-state index in [1.54, 1.807) is 12.1 Å². The number of hydrogen-bond acceptors (Lipinski definition) is 4. The average Bonchev–Trinajstić information content (AvgIpc) is 2.68. The van der Waals surface area contributed by atoms with Gasteiger partial charge in [-0.3, -0.25) is 0 Å². The molecule has 0 bridgehead atoms. The minimum absolute atomic E-state index is 0.0811. The predicted molar refractivity (Wildman–Crippen MR) is 79.3 cm³/mol. The predicted octanol–water partition coefficient (Wildman–Crippen LogP) is 2.36. The highest BCUT2D eigenvalue weighted by atomic mass is 16.5. The van der Waals surface area contributed by atoms with Crippen molar-refractivity contribution < 1.29 is 14.6 Å². The summed E-state index contributed by atoms with van der Waals surface area (Å²) in [7, 11) is 1.88. The first-order chi connectivity index (χ1) is 9.28. The van der Waals surface area contributed by atoms with Gasteiger partial charge in [-0.2, -0.15) is 0 Å². The molecule has 0 aromatic heterocycles. The zero-order valence-corrected chi connectivity index (χ0v) is 12.2. The van der Waals surface area contributed by atoms with Crippen LogP contribution in [0.2, 0.25) is 0 Å². The van der Waals surface area contributed by atoms with Gasteiger partial charge in [-0.15, -0.1) is 0 Å². The van der Waals surface area contributed by atoms with Crippen molar-refractivity contribution in [2.45, 2.75) is 38.4 Å². The third-order valence-corrected chi connectivity index (χ3v) is 3.69. The van der Waals surface area contributed by atoms with Gasteiger partial charge in [0.1, 0.15) is 0 Å². The molecule has 1 aromatic rings. The number of carbonyl (C=O) groups is 1. The minimum Gasteiger partial charge on any atom is -0.478 e. The molecule has 0 spiro atoms. The van der Waals surface area contributed by atoms with Crippen LogP contribution in [0, 0.1) is 0 Å². The summed E-state index contributed by atoms with van der Waals surface area (Å²) in [5.41, 5.74) is 6.93. The molecular formula is C15H22N2O3. The van der Waals surface area contributed by atoms with Crippen molar-refractivity contribution in [3.63, 3.8) is 0 Å². The Labute approximate surface area is 119 Å². The number of nitrogen functional groups attached to an aromatic ring is 1. The summed E-state index contributed by atoms with van der Waals surface area (Å²) in [6.45, 7) is 4.84. The van der Waals surface area contributed by atoms with Crippen LogP contribution in [0.1, 0.15) is 37.0 Å². The van der Waals surface area contributed by atoms with Gasteiger partial charge in [0.05, 0.1) is 23.0 Å². The normalized spacial score (nSPS) is 20.9. The van der Waals surface area contributed by atoms with E-state index in [9.17, 15) is 9.90 Å². The Balaban J connectivity index is 2.13. The van der Waals surface area contributed by atoms with E-state index in [0.717, 1.165) is 12.8 Å². The Hall–Kier alpha value is -1.75. The van der Waals surface area contributed by atoms with E-state index in [0.29, 0.717) is 17.9 Å². The second-order valence-electron chi connectivity index (χ2n) is 6.00. The van der Waals surface area contributed by atoms with Gasteiger partial charge in [-0.1, -0.05) is 0 Å². The Bertz CT molecular complexity index is 514. The SMILES string of the molecule is CN(CC1CCC(C)(C)O1)c1ccc(N)cc1C(=O)O. The topological polar surface area (TPSA) is 75.8 Å². The molecule has 0 aliphatic carbocycles. The zero-order chi connectivity index (χ0) is 14.9. The lowest BCUT2D eigenvalue weighted by atomic mass is 10.1. The average molecular weight is 278 g/mol. The summed E-state index contributed by atoms with van der Waals surface area (Å²) in [6, 6.07) is 4.96. The molecule has 1 atom stereocenters. The van der Waals surface area contributed by atoms with E-state index in [2.05, 4.69) is 13.8 Å². The summed E-state index contributed by atoms with van der Waals surface area (Å²) < 4.78 is 5.95. The quantitative estimate of drug-likeness (QED) is 0.827. The molecule has 1 aliphatic rings. The summed E-state index contributed by atoms with van der Waals surface area (Å²) in [5, 5.41) is 9.27. The molecule has 1 saturated heterocycles. The Kier molecular flexibility index (Phi) is 3.90. The number of anilines is 2. The summed E-state index contributed by atoms with van der Waals surface area (Å²) in [5.74, 6) is -0.966. The summed E-state index contributed by atoms with van der Waals surface area (Å²) in [6.07, 6.45) is 2.16. The van der Waals surface area contributed by atoms with Crippen LogP contribution in [0.25, 0.3) is 0 Å². The van der Waals surface area contributed by atoms with E-state index in [1.165, 1.54) is 6.07 Å². The number of likely N-dealkylation sites (N-methyl/N-ethyl adjacent to an activating group) is 1. The third kappa shape index (κ3) is 3.22. The molecule has 3 N–H and O–H groups in total. The van der Waals surface area contributed by atoms with Gasteiger partial charge >= 0.3 is 5.97 Å². The standard InChI is InChI=1S/C15H22N2O3/c1-15(2)7-6-11(20-15)9-17(3)13-5-4-10(16)8-12(13)14(18)19/h4-5,8,11H,6-7,9,16H2,1-3H3,(H,18,19). The van der Waals surface area contributed by atoms with Gasteiger partial charge in [0.25, 0.3) is 0 Å². The molecule has 1 unspecified atom stereocenters. The van der Waals surface area contributed by atoms with E-state index in [1.807, 2.05) is 11.9 Å². The monoisotopic (exact) mass is 278 g/mol. The van der Waals surface area contributed by atoms with Crippen LogP contribution in [0.15, 0.2) is 18.2 Å². The van der Waals surface area contributed by atoms with Crippen molar-refractivity contribution in [3.8, 4) is 0 Å². The summed E-state index contributed by atoms with van der Waals surface area (Å²) >= 11 is 0. The van der Waals surface area contributed by atoms with Crippen molar-refractivity contribution in [1.82, 2.24) is 0 Å². The molecule has 1 aromatic carbocycles. The highest BCUT2D eigenvalue weighted by Gasteiger charge is 2.32. The number of carboxylic acid groups (broad SMARTS) is 1. The van der Waals surface area contributed by atoms with Crippen LogP contribution in [0.3, 0.4) is 0 Å². The molecule has 5 nitrogen and oxygen atoms in total. The van der Waals surface area contributed by atoms with Crippen molar-refractivity contribution in [2.75, 3.05) is 24.2 Å². The number of hydrogen-bond donors (Lipinski definition) is 2. The number of rotatable bonds is 4. The van der Waals surface area contributed by atoms with Crippen LogP contribution < -0.4 is 10.6 Å². The maximum atomic E-state index is 11.3. The van der Waals surface area contributed by atoms with Crippen LogP contribution in [-0.4, -0.2) is 36.4 Å². The molecule has 0 radical (unpaired) electrons. The second kappa shape index (κ2) is 5.32. The van der Waals surface area contributed by atoms with Gasteiger partial charge in [-0.25, -0.2) is 4.79 Å². The molecule has 1 aliphatic heterocycles. The van der Waals surface area contributed by atoms with Gasteiger partial charge in [0, 0.05) is 19.3 Å². The molecule has 0 amide bonds. The third-order valence-electron chi connectivity index (χ3n) is 3.69. The highest BCUT2D eigenvalue weighted by molar-refractivity contribution is 5.95. The first-order valence-electron chi connectivity index (χ1n) is 6.80. The molecule has 0 saturated carbocycles. The molecule has 1 heterocycles. The molecule has 2 rings (SSSR count). The number of nitrogens with zero attached hydrogens (tertiary/aromatic N) is 1. The molecular weight excluding hydrogens is 256 g/mol. The van der Waals surface area contributed by atoms with Gasteiger partial charge in [-0.05, 0) is 44.9 Å². The number of aromatic carboxylic acids is 1. The van der Waals surface area contributed by atoms with E-state index in [-0.39, 0.29) is 17.3 Å². The fourth-order valence-electron chi connectivity index (χ4n) is 2.67.